The highest BCUT2D eigenvalue weighted by Gasteiger charge is 2.56. The van der Waals surface area contributed by atoms with Crippen molar-refractivity contribution in [2.75, 3.05) is 18.7 Å². The molecule has 1 saturated heterocycles. The Hall–Kier alpha value is -2.42. The van der Waals surface area contributed by atoms with E-state index in [2.05, 4.69) is 0 Å². The molecule has 1 heterocycles. The van der Waals surface area contributed by atoms with E-state index in [1.54, 1.807) is 6.07 Å². The molecule has 1 fully saturated rings. The normalized spacial score (nSPS) is 24.8. The lowest BCUT2D eigenvalue weighted by Gasteiger charge is -2.43. The van der Waals surface area contributed by atoms with Crippen LogP contribution in [0.4, 0.5) is 14.9 Å². The lowest BCUT2D eigenvalue weighted by Crippen LogP contribution is -2.65. The van der Waals surface area contributed by atoms with Crippen LogP contribution in [0.2, 0.25) is 0 Å². The van der Waals surface area contributed by atoms with Crippen LogP contribution in [0.15, 0.2) is 30.3 Å². The fourth-order valence-electron chi connectivity index (χ4n) is 2.58. The number of hydrogen-bond acceptors (Lipinski definition) is 4. The molecule has 0 bridgehead atoms. The minimum atomic E-state index is -2.82. The average molecular weight is 313 g/mol. The van der Waals surface area contributed by atoms with Crippen LogP contribution in [0.3, 0.4) is 0 Å². The number of piperidine rings is 1. The number of rotatable bonds is 4. The van der Waals surface area contributed by atoms with E-state index >= 15 is 4.39 Å². The first-order valence-corrected chi connectivity index (χ1v) is 6.62. The number of para-hydroxylation sites is 1. The maximum Gasteiger partial charge on any atom is 0.411 e. The van der Waals surface area contributed by atoms with Crippen molar-refractivity contribution in [3.63, 3.8) is 0 Å². The van der Waals surface area contributed by atoms with Crippen molar-refractivity contribution in [2.24, 2.45) is 0 Å². The van der Waals surface area contributed by atoms with E-state index in [9.17, 15) is 20.0 Å². The molecule has 9 heteroatoms. The maximum absolute atomic E-state index is 15.5. The van der Waals surface area contributed by atoms with E-state index in [1.165, 1.54) is 31.4 Å². The fourth-order valence-corrected chi connectivity index (χ4v) is 2.58. The fraction of sp³-hybridized carbons (Fsp3) is 0.462. The Balaban J connectivity index is 2.48. The molecule has 1 aromatic rings. The monoisotopic (exact) mass is 313 g/mol. The van der Waals surface area contributed by atoms with E-state index in [-0.39, 0.29) is 23.7 Å². The Labute approximate surface area is 125 Å². The van der Waals surface area contributed by atoms with Gasteiger partial charge < -0.3 is 9.84 Å². The summed E-state index contributed by atoms with van der Waals surface area (Å²) < 4.78 is 20.5. The van der Waals surface area contributed by atoms with Gasteiger partial charge in [0.05, 0.1) is 12.5 Å². The number of ether oxygens (including phenoxy) is 1. The summed E-state index contributed by atoms with van der Waals surface area (Å²) in [5.41, 5.74) is -0.0435. The summed E-state index contributed by atoms with van der Waals surface area (Å²) in [7, 11) is 1.36. The molecule has 0 aromatic heterocycles. The summed E-state index contributed by atoms with van der Waals surface area (Å²) in [6.07, 6.45) is -2.34. The zero-order valence-corrected chi connectivity index (χ0v) is 11.9. The van der Waals surface area contributed by atoms with Gasteiger partial charge in [-0.05, 0) is 23.6 Å². The van der Waals surface area contributed by atoms with Crippen LogP contribution < -0.4 is 5.01 Å². The van der Waals surface area contributed by atoms with E-state index in [0.717, 1.165) is 0 Å². The summed E-state index contributed by atoms with van der Waals surface area (Å²) in [6, 6.07) is 7.34. The topological polar surface area (TPSA) is 96.2 Å². The molecule has 2 atom stereocenters. The molecule has 2 rings (SSSR count). The minimum Gasteiger partial charge on any atom is -0.465 e. The number of nitrogens with zero attached hydrogens (tertiary/aromatic N) is 3. The Morgan fingerprint density at radius 2 is 2.18 bits per heavy atom. The summed E-state index contributed by atoms with van der Waals surface area (Å²) in [5.74, 6) is -2.82. The molecule has 22 heavy (non-hydrogen) atoms. The largest absolute Gasteiger partial charge is 0.465 e. The van der Waals surface area contributed by atoms with Crippen molar-refractivity contribution in [1.82, 2.24) is 4.90 Å². The second-order valence-corrected chi connectivity index (χ2v) is 4.89. The smallest absolute Gasteiger partial charge is 0.411 e. The molecule has 1 amide bonds. The van der Waals surface area contributed by atoms with Crippen LogP contribution >= 0.6 is 0 Å². The lowest BCUT2D eigenvalue weighted by molar-refractivity contribution is -0.523. The van der Waals surface area contributed by atoms with Gasteiger partial charge >= 0.3 is 12.0 Å². The molecular formula is C13H16FN3O5. The maximum atomic E-state index is 15.5. The highest BCUT2D eigenvalue weighted by molar-refractivity contribution is 5.67. The number of nitro groups is 1. The number of benzene rings is 1. The van der Waals surface area contributed by atoms with Crippen molar-refractivity contribution in [3.05, 3.63) is 40.4 Å². The van der Waals surface area contributed by atoms with Crippen LogP contribution in [-0.4, -0.2) is 46.8 Å². The summed E-state index contributed by atoms with van der Waals surface area (Å²) in [4.78, 5) is 23.2. The molecule has 2 unspecified atom stereocenters. The molecule has 1 aliphatic heterocycles. The number of hydrogen-bond donors (Lipinski definition) is 1. The molecule has 1 aliphatic rings. The van der Waals surface area contributed by atoms with Gasteiger partial charge in [-0.25, -0.2) is 14.9 Å². The van der Waals surface area contributed by atoms with Crippen molar-refractivity contribution < 1.29 is 24.1 Å². The average Bonchev–Trinajstić information content (AvgIpc) is 2.47. The number of amides is 1. The Morgan fingerprint density at radius 1 is 1.55 bits per heavy atom. The number of carboxylic acid groups (broad SMARTS) is 1. The molecule has 0 radical (unpaired) electrons. The van der Waals surface area contributed by atoms with Gasteiger partial charge in [0.15, 0.2) is 5.03 Å². The molecule has 1 aromatic carbocycles. The van der Waals surface area contributed by atoms with Gasteiger partial charge in [-0.3, -0.25) is 4.90 Å². The van der Waals surface area contributed by atoms with Crippen molar-refractivity contribution in [1.29, 1.82) is 0 Å². The SMILES string of the molecule is COC1CCN(C(=O)O)C(F)(N(c2ccccc2)[N+](=O)[O-])C1. The standard InChI is InChI=1S/C13H16FN3O5/c1-22-11-7-8-15(12(18)19)13(14,9-11)16(17(20)21)10-5-3-2-4-6-10/h2-6,11H,7-9H2,1H3,(H,18,19). The summed E-state index contributed by atoms with van der Waals surface area (Å²) in [6.45, 7) is -0.193. The van der Waals surface area contributed by atoms with Gasteiger partial charge in [-0.1, -0.05) is 18.2 Å². The minimum absolute atomic E-state index is 0.0435. The van der Waals surface area contributed by atoms with Crippen LogP contribution in [0.25, 0.3) is 0 Å². The number of anilines is 1. The van der Waals surface area contributed by atoms with Crippen LogP contribution in [0.5, 0.6) is 0 Å². The van der Waals surface area contributed by atoms with Gasteiger partial charge in [-0.2, -0.15) is 4.39 Å². The number of alkyl halides is 1. The number of carbonyl (C=O) groups is 1. The van der Waals surface area contributed by atoms with Crippen LogP contribution in [0, 0.1) is 10.1 Å². The predicted octanol–water partition coefficient (Wildman–Crippen LogP) is 2.10. The predicted molar refractivity (Wildman–Crippen MR) is 74.5 cm³/mol. The van der Waals surface area contributed by atoms with Crippen molar-refractivity contribution >= 4 is 11.8 Å². The van der Waals surface area contributed by atoms with Crippen LogP contribution in [-0.2, 0) is 4.74 Å². The molecular weight excluding hydrogens is 297 g/mol. The third-order valence-corrected chi connectivity index (χ3v) is 3.63. The lowest BCUT2D eigenvalue weighted by atomic mass is 10.0. The summed E-state index contributed by atoms with van der Waals surface area (Å²) >= 11 is 0. The van der Waals surface area contributed by atoms with Gasteiger partial charge in [0.25, 0.3) is 0 Å². The quantitative estimate of drug-likeness (QED) is 0.519. The first-order chi connectivity index (χ1) is 10.4. The highest BCUT2D eigenvalue weighted by atomic mass is 19.2. The first kappa shape index (κ1) is 16.0. The Morgan fingerprint density at radius 3 is 2.68 bits per heavy atom. The molecule has 120 valence electrons. The van der Waals surface area contributed by atoms with E-state index < -0.39 is 29.6 Å². The van der Waals surface area contributed by atoms with Gasteiger partial charge in [0, 0.05) is 13.7 Å². The molecule has 0 saturated carbocycles. The Kier molecular flexibility index (Phi) is 4.45. The second-order valence-electron chi connectivity index (χ2n) is 4.89. The van der Waals surface area contributed by atoms with Crippen molar-refractivity contribution in [2.45, 2.75) is 24.9 Å². The number of likely N-dealkylation sites (tertiary alicyclic amines) is 1. The molecule has 0 spiro atoms. The van der Waals surface area contributed by atoms with Crippen LogP contribution in [0.1, 0.15) is 12.8 Å². The van der Waals surface area contributed by atoms with Crippen molar-refractivity contribution in [3.8, 4) is 0 Å². The number of halogens is 1. The van der Waals surface area contributed by atoms with E-state index in [4.69, 9.17) is 4.74 Å². The third kappa shape index (κ3) is 2.80. The van der Waals surface area contributed by atoms with E-state index in [0.29, 0.717) is 4.90 Å². The zero-order chi connectivity index (χ0) is 16.3. The van der Waals surface area contributed by atoms with Gasteiger partial charge in [0.1, 0.15) is 5.69 Å². The third-order valence-electron chi connectivity index (χ3n) is 3.63. The Bertz CT molecular complexity index is 558. The molecule has 1 N–H and O–H groups in total. The molecule has 0 aliphatic carbocycles. The molecule has 8 nitrogen and oxygen atoms in total. The second kappa shape index (κ2) is 6.14. The first-order valence-electron chi connectivity index (χ1n) is 6.62. The zero-order valence-electron chi connectivity index (χ0n) is 11.9. The summed E-state index contributed by atoms with van der Waals surface area (Å²) in [5, 5.41) is 19.9. The highest BCUT2D eigenvalue weighted by Crippen LogP contribution is 2.37. The number of methoxy groups -OCH3 is 1. The van der Waals surface area contributed by atoms with E-state index in [1.807, 2.05) is 0 Å². The van der Waals surface area contributed by atoms with Gasteiger partial charge in [0.2, 0.25) is 0 Å². The number of hydrazine groups is 1. The van der Waals surface area contributed by atoms with Gasteiger partial charge in [-0.15, -0.1) is 0 Å².